The summed E-state index contributed by atoms with van der Waals surface area (Å²) < 4.78 is 7.07. The van der Waals surface area contributed by atoms with Crippen LogP contribution in [0.25, 0.3) is 0 Å². The van der Waals surface area contributed by atoms with Gasteiger partial charge < -0.3 is 9.30 Å². The maximum absolute atomic E-state index is 11.9. The van der Waals surface area contributed by atoms with E-state index >= 15 is 0 Å². The van der Waals surface area contributed by atoms with Gasteiger partial charge in [0, 0.05) is 6.54 Å². The molecule has 17 heavy (non-hydrogen) atoms. The standard InChI is InChI=1S/C12H21N3O2/c1-5-8-10(12(16)17-7-3)11-14-13-9(4)15(11)6-2/h10H,5-8H2,1-4H3. The normalized spacial score (nSPS) is 12.5. The van der Waals surface area contributed by atoms with Crippen LogP contribution in [0.5, 0.6) is 0 Å². The lowest BCUT2D eigenvalue weighted by atomic mass is 10.0. The average Bonchev–Trinajstić information content (AvgIpc) is 2.67. The van der Waals surface area contributed by atoms with E-state index in [9.17, 15) is 4.79 Å². The second-order valence-corrected chi connectivity index (χ2v) is 3.94. The molecule has 0 fully saturated rings. The Morgan fingerprint density at radius 2 is 2.06 bits per heavy atom. The van der Waals surface area contributed by atoms with Gasteiger partial charge in [0.25, 0.3) is 0 Å². The zero-order chi connectivity index (χ0) is 12.8. The minimum Gasteiger partial charge on any atom is -0.465 e. The highest BCUT2D eigenvalue weighted by molar-refractivity contribution is 5.77. The number of rotatable bonds is 6. The number of ether oxygens (including phenoxy) is 1. The van der Waals surface area contributed by atoms with E-state index in [2.05, 4.69) is 10.2 Å². The van der Waals surface area contributed by atoms with Crippen LogP contribution in [-0.4, -0.2) is 27.3 Å². The zero-order valence-corrected chi connectivity index (χ0v) is 11.1. The second kappa shape index (κ2) is 6.37. The van der Waals surface area contributed by atoms with Crippen LogP contribution >= 0.6 is 0 Å². The molecular formula is C12H21N3O2. The summed E-state index contributed by atoms with van der Waals surface area (Å²) >= 11 is 0. The van der Waals surface area contributed by atoms with Gasteiger partial charge in [-0.2, -0.15) is 0 Å². The molecule has 96 valence electrons. The van der Waals surface area contributed by atoms with Gasteiger partial charge in [-0.15, -0.1) is 10.2 Å². The highest BCUT2D eigenvalue weighted by Crippen LogP contribution is 2.22. The Morgan fingerprint density at radius 1 is 1.35 bits per heavy atom. The number of aromatic nitrogens is 3. The van der Waals surface area contributed by atoms with Crippen LogP contribution in [0.3, 0.4) is 0 Å². The minimum atomic E-state index is -0.291. The number of nitrogens with zero attached hydrogens (tertiary/aromatic N) is 3. The first-order valence-electron chi connectivity index (χ1n) is 6.21. The van der Waals surface area contributed by atoms with E-state index in [0.717, 1.165) is 31.0 Å². The Bertz CT molecular complexity index is 374. The van der Waals surface area contributed by atoms with E-state index < -0.39 is 0 Å². The lowest BCUT2D eigenvalue weighted by molar-refractivity contribution is -0.145. The fourth-order valence-electron chi connectivity index (χ4n) is 1.93. The van der Waals surface area contributed by atoms with Crippen molar-refractivity contribution >= 4 is 5.97 Å². The zero-order valence-electron chi connectivity index (χ0n) is 11.1. The summed E-state index contributed by atoms with van der Waals surface area (Å²) in [6.45, 7) is 8.96. The first kappa shape index (κ1) is 13.7. The lowest BCUT2D eigenvalue weighted by Crippen LogP contribution is -2.20. The van der Waals surface area contributed by atoms with Gasteiger partial charge in [0.1, 0.15) is 17.6 Å². The molecule has 0 saturated heterocycles. The van der Waals surface area contributed by atoms with Crippen LogP contribution in [0, 0.1) is 6.92 Å². The van der Waals surface area contributed by atoms with Crippen molar-refractivity contribution < 1.29 is 9.53 Å². The molecule has 0 aromatic carbocycles. The number of hydrogen-bond acceptors (Lipinski definition) is 4. The molecule has 5 nitrogen and oxygen atoms in total. The van der Waals surface area contributed by atoms with E-state index in [0.29, 0.717) is 6.61 Å². The largest absolute Gasteiger partial charge is 0.465 e. The molecule has 0 radical (unpaired) electrons. The molecule has 1 unspecified atom stereocenters. The number of aryl methyl sites for hydroxylation is 1. The maximum atomic E-state index is 11.9. The molecular weight excluding hydrogens is 218 g/mol. The first-order valence-corrected chi connectivity index (χ1v) is 6.21. The van der Waals surface area contributed by atoms with E-state index in [1.54, 1.807) is 0 Å². The molecule has 0 amide bonds. The molecule has 0 aliphatic rings. The third-order valence-corrected chi connectivity index (χ3v) is 2.74. The van der Waals surface area contributed by atoms with Crippen molar-refractivity contribution in [1.29, 1.82) is 0 Å². The quantitative estimate of drug-likeness (QED) is 0.713. The SMILES string of the molecule is CCCC(C(=O)OCC)c1nnc(C)n1CC. The van der Waals surface area contributed by atoms with Crippen molar-refractivity contribution in [2.45, 2.75) is 53.0 Å². The molecule has 0 bridgehead atoms. The Kier molecular flexibility index (Phi) is 5.12. The molecule has 1 atom stereocenters. The van der Waals surface area contributed by atoms with Crippen molar-refractivity contribution in [3.63, 3.8) is 0 Å². The van der Waals surface area contributed by atoms with Gasteiger partial charge >= 0.3 is 5.97 Å². The Labute approximate surface area is 102 Å². The molecule has 1 heterocycles. The molecule has 5 heteroatoms. The van der Waals surface area contributed by atoms with Gasteiger partial charge in [-0.05, 0) is 27.2 Å². The maximum Gasteiger partial charge on any atom is 0.316 e. The summed E-state index contributed by atoms with van der Waals surface area (Å²) in [6.07, 6.45) is 1.66. The lowest BCUT2D eigenvalue weighted by Gasteiger charge is -2.15. The molecule has 1 aromatic heterocycles. The van der Waals surface area contributed by atoms with Gasteiger partial charge in [0.2, 0.25) is 0 Å². The number of carbonyl (C=O) groups is 1. The molecule has 1 aromatic rings. The summed E-state index contributed by atoms with van der Waals surface area (Å²) in [7, 11) is 0. The molecule has 0 aliphatic heterocycles. The van der Waals surface area contributed by atoms with E-state index in [4.69, 9.17) is 4.74 Å². The topological polar surface area (TPSA) is 57.0 Å². The summed E-state index contributed by atoms with van der Waals surface area (Å²) in [6, 6.07) is 0. The molecule has 1 rings (SSSR count). The van der Waals surface area contributed by atoms with Crippen molar-refractivity contribution in [3.05, 3.63) is 11.6 Å². The fraction of sp³-hybridized carbons (Fsp3) is 0.750. The summed E-state index contributed by atoms with van der Waals surface area (Å²) in [5, 5.41) is 8.16. The van der Waals surface area contributed by atoms with Crippen LogP contribution in [0.1, 0.15) is 51.2 Å². The van der Waals surface area contributed by atoms with Crippen LogP contribution in [0.4, 0.5) is 0 Å². The Morgan fingerprint density at radius 3 is 2.59 bits per heavy atom. The summed E-state index contributed by atoms with van der Waals surface area (Å²) in [5.41, 5.74) is 0. The van der Waals surface area contributed by atoms with Crippen molar-refractivity contribution in [2.75, 3.05) is 6.61 Å². The van der Waals surface area contributed by atoms with Crippen LogP contribution in [0.2, 0.25) is 0 Å². The Hall–Kier alpha value is -1.39. The van der Waals surface area contributed by atoms with Gasteiger partial charge in [-0.25, -0.2) is 0 Å². The smallest absolute Gasteiger partial charge is 0.316 e. The first-order chi connectivity index (χ1) is 8.15. The molecule has 0 aliphatic carbocycles. The third kappa shape index (κ3) is 3.05. The van der Waals surface area contributed by atoms with Crippen LogP contribution < -0.4 is 0 Å². The number of esters is 1. The highest BCUT2D eigenvalue weighted by Gasteiger charge is 2.26. The molecule has 0 spiro atoms. The van der Waals surface area contributed by atoms with E-state index in [-0.39, 0.29) is 11.9 Å². The third-order valence-electron chi connectivity index (χ3n) is 2.74. The number of carbonyl (C=O) groups excluding carboxylic acids is 1. The van der Waals surface area contributed by atoms with Crippen LogP contribution in [0.15, 0.2) is 0 Å². The van der Waals surface area contributed by atoms with Crippen molar-refractivity contribution in [3.8, 4) is 0 Å². The monoisotopic (exact) mass is 239 g/mol. The Balaban J connectivity index is 3.00. The average molecular weight is 239 g/mol. The summed E-state index contributed by atoms with van der Waals surface area (Å²) in [5.74, 6) is 1.08. The van der Waals surface area contributed by atoms with Crippen molar-refractivity contribution in [2.24, 2.45) is 0 Å². The fourth-order valence-corrected chi connectivity index (χ4v) is 1.93. The van der Waals surface area contributed by atoms with E-state index in [1.807, 2.05) is 32.3 Å². The van der Waals surface area contributed by atoms with Gasteiger partial charge in [0.05, 0.1) is 6.61 Å². The predicted molar refractivity (Wildman–Crippen MR) is 64.7 cm³/mol. The minimum absolute atomic E-state index is 0.198. The molecule has 0 N–H and O–H groups in total. The second-order valence-electron chi connectivity index (χ2n) is 3.94. The number of hydrogen-bond donors (Lipinski definition) is 0. The van der Waals surface area contributed by atoms with Crippen LogP contribution in [-0.2, 0) is 16.1 Å². The van der Waals surface area contributed by atoms with Gasteiger partial charge in [0.15, 0.2) is 0 Å². The predicted octanol–water partition coefficient (Wildman–Crippen LogP) is 2.05. The van der Waals surface area contributed by atoms with Gasteiger partial charge in [-0.3, -0.25) is 4.79 Å². The van der Waals surface area contributed by atoms with E-state index in [1.165, 1.54) is 0 Å². The van der Waals surface area contributed by atoms with Gasteiger partial charge in [-0.1, -0.05) is 13.3 Å². The van der Waals surface area contributed by atoms with Crippen molar-refractivity contribution in [1.82, 2.24) is 14.8 Å². The highest BCUT2D eigenvalue weighted by atomic mass is 16.5. The molecule has 0 saturated carbocycles. The summed E-state index contributed by atoms with van der Waals surface area (Å²) in [4.78, 5) is 11.9.